The first-order chi connectivity index (χ1) is 8.72. The van der Waals surface area contributed by atoms with Crippen molar-refractivity contribution < 1.29 is 23.6 Å². The van der Waals surface area contributed by atoms with Gasteiger partial charge in [0.1, 0.15) is 5.75 Å². The number of para-hydroxylation sites is 1. The van der Waals surface area contributed by atoms with E-state index in [1.807, 2.05) is 45.9 Å². The molecule has 1 rings (SSSR count). The minimum Gasteiger partial charge on any atom is -0.466 e. The topological polar surface area (TPSA) is 76.0 Å². The van der Waals surface area contributed by atoms with Crippen LogP contribution in [0.1, 0.15) is 50.7 Å². The Morgan fingerprint density at radius 1 is 1.05 bits per heavy atom. The van der Waals surface area contributed by atoms with Gasteiger partial charge in [0.25, 0.3) is 0 Å². The predicted octanol–water partition coefficient (Wildman–Crippen LogP) is 2.62. The number of hydrogen-bond acceptors (Lipinski definition) is 3. The van der Waals surface area contributed by atoms with E-state index < -0.39 is 14.6 Å². The number of ether oxygens (including phenoxy) is 1. The Kier molecular flexibility index (Phi) is 12.6. The normalized spacial score (nSPS) is 11.0. The van der Waals surface area contributed by atoms with Crippen molar-refractivity contribution >= 4 is 66.9 Å². The molecule has 0 heterocycles. The van der Waals surface area contributed by atoms with Gasteiger partial charge in [-0.3, -0.25) is 0 Å². The maximum absolute atomic E-state index is 10.7. The van der Waals surface area contributed by atoms with Gasteiger partial charge < -0.3 is 14.5 Å². The summed E-state index contributed by atoms with van der Waals surface area (Å²) in [4.78, 5) is 17.3. The molecule has 21 heavy (non-hydrogen) atoms. The van der Waals surface area contributed by atoms with E-state index >= 15 is 0 Å². The third-order valence-electron chi connectivity index (χ3n) is 2.74. The Morgan fingerprint density at radius 3 is 1.81 bits per heavy atom. The number of phosphoric ester groups is 1. The zero-order valence-corrected chi connectivity index (χ0v) is 18.6. The predicted molar refractivity (Wildman–Crippen MR) is 84.8 cm³/mol. The van der Waals surface area contributed by atoms with Gasteiger partial charge in [-0.05, 0) is 23.0 Å². The fourth-order valence-electron chi connectivity index (χ4n) is 1.80. The molecule has 0 fully saturated rings. The molecule has 1 aromatic rings. The van der Waals surface area contributed by atoms with E-state index in [2.05, 4.69) is 4.52 Å². The summed E-state index contributed by atoms with van der Waals surface area (Å²) in [5.74, 6) is 1.16. The Hall–Kier alpha value is 1.13. The van der Waals surface area contributed by atoms with Crippen LogP contribution in [-0.4, -0.2) is 75.7 Å². The second-order valence-corrected chi connectivity index (χ2v) is 6.20. The van der Waals surface area contributed by atoms with Crippen LogP contribution in [0.3, 0.4) is 0 Å². The van der Waals surface area contributed by atoms with Crippen LogP contribution in [0.5, 0.6) is 5.75 Å². The maximum atomic E-state index is 10.7. The molecule has 8 heteroatoms. The van der Waals surface area contributed by atoms with Crippen molar-refractivity contribution in [2.24, 2.45) is 0 Å². The van der Waals surface area contributed by atoms with E-state index in [0.717, 1.165) is 11.1 Å². The first-order valence-corrected chi connectivity index (χ1v) is 7.71. The summed E-state index contributed by atoms with van der Waals surface area (Å²) in [6, 6.07) is 5.86. The average molecular weight is 334 g/mol. The van der Waals surface area contributed by atoms with E-state index in [0.29, 0.717) is 5.75 Å². The molecule has 0 spiro atoms. The summed E-state index contributed by atoms with van der Waals surface area (Å²) in [6.45, 7) is 7.69. The molecule has 0 bridgehead atoms. The van der Waals surface area contributed by atoms with Crippen LogP contribution in [0.4, 0.5) is 0 Å². The van der Waals surface area contributed by atoms with Crippen LogP contribution in [0.25, 0.3) is 0 Å². The second-order valence-electron chi connectivity index (χ2n) is 4.96. The van der Waals surface area contributed by atoms with Gasteiger partial charge in [0.05, 0.1) is 0 Å². The van der Waals surface area contributed by atoms with Crippen LogP contribution < -0.4 is 4.74 Å². The summed E-state index contributed by atoms with van der Waals surface area (Å²) < 4.78 is 20.5. The van der Waals surface area contributed by atoms with Gasteiger partial charge in [0, 0.05) is 59.1 Å². The number of hydrogen-bond donors (Lipinski definition) is 2. The molecule has 0 saturated heterocycles. The van der Waals surface area contributed by atoms with Crippen molar-refractivity contribution in [3.8, 4) is 5.75 Å². The minimum atomic E-state index is -4.51. The zero-order valence-electron chi connectivity index (χ0n) is 13.7. The molecule has 0 atom stereocenters. The van der Waals surface area contributed by atoms with Gasteiger partial charge in [-0.25, -0.2) is 9.09 Å². The van der Waals surface area contributed by atoms with Crippen molar-refractivity contribution in [1.29, 1.82) is 0 Å². The van der Waals surface area contributed by atoms with Crippen LogP contribution in [0.2, 0.25) is 0 Å². The van der Waals surface area contributed by atoms with Crippen LogP contribution in [0.15, 0.2) is 18.2 Å². The molecule has 110 valence electrons. The number of benzene rings is 1. The molecule has 0 aliphatic rings. The Labute approximate surface area is 170 Å². The smallest absolute Gasteiger partial charge is 0.466 e. The van der Waals surface area contributed by atoms with Gasteiger partial charge in [0.2, 0.25) is 0 Å². The van der Waals surface area contributed by atoms with Crippen LogP contribution in [0, 0.1) is 0 Å². The average Bonchev–Trinajstić information content (AvgIpc) is 2.26. The Morgan fingerprint density at radius 2 is 1.48 bits per heavy atom. The number of phosphoric acid groups is 1. The molecular weight excluding hydrogens is 313 g/mol. The van der Waals surface area contributed by atoms with E-state index in [1.54, 1.807) is 0 Å². The van der Waals surface area contributed by atoms with Gasteiger partial charge in [-0.2, -0.15) is 0 Å². The van der Waals surface area contributed by atoms with Crippen molar-refractivity contribution in [3.63, 3.8) is 0 Å². The summed E-state index contributed by atoms with van der Waals surface area (Å²) in [5.41, 5.74) is 2.00. The summed E-state index contributed by atoms with van der Waals surface area (Å²) in [6.07, 6.45) is 0. The van der Waals surface area contributed by atoms with Crippen molar-refractivity contribution in [2.75, 3.05) is 6.79 Å². The summed E-state index contributed by atoms with van der Waals surface area (Å²) in [7, 11) is -4.51. The quantitative estimate of drug-likeness (QED) is 0.475. The van der Waals surface area contributed by atoms with Crippen molar-refractivity contribution in [3.05, 3.63) is 29.3 Å². The third kappa shape index (κ3) is 8.52. The maximum Gasteiger partial charge on any atom is 0.472 e. The first kappa shape index (κ1) is 24.4. The molecule has 0 amide bonds. The van der Waals surface area contributed by atoms with Crippen LogP contribution >= 0.6 is 7.82 Å². The SMILES string of the molecule is CC(C)c1cccc(C(C)C)c1OCOP(=O)(O)O.[Na].[Na]. The molecular formula is C13H21Na2O5P. The largest absolute Gasteiger partial charge is 0.472 e. The number of rotatable bonds is 6. The summed E-state index contributed by atoms with van der Waals surface area (Å²) >= 11 is 0. The molecule has 1 aromatic carbocycles. The van der Waals surface area contributed by atoms with E-state index in [4.69, 9.17) is 14.5 Å². The molecule has 0 saturated carbocycles. The van der Waals surface area contributed by atoms with E-state index in [9.17, 15) is 4.57 Å². The fourth-order valence-corrected chi connectivity index (χ4v) is 1.99. The van der Waals surface area contributed by atoms with Gasteiger partial charge in [-0.1, -0.05) is 45.9 Å². The molecule has 0 aliphatic carbocycles. The molecule has 5 nitrogen and oxygen atoms in total. The van der Waals surface area contributed by atoms with Crippen LogP contribution in [-0.2, 0) is 9.09 Å². The molecule has 0 aliphatic heterocycles. The zero-order chi connectivity index (χ0) is 14.6. The van der Waals surface area contributed by atoms with Gasteiger partial charge >= 0.3 is 7.82 Å². The van der Waals surface area contributed by atoms with Crippen molar-refractivity contribution in [2.45, 2.75) is 39.5 Å². The van der Waals surface area contributed by atoms with E-state index in [1.165, 1.54) is 0 Å². The minimum absolute atomic E-state index is 0. The van der Waals surface area contributed by atoms with E-state index in [-0.39, 0.29) is 71.0 Å². The Bertz CT molecular complexity index is 447. The molecule has 2 N–H and O–H groups in total. The molecule has 0 aromatic heterocycles. The standard InChI is InChI=1S/C13H21O5P.2Na/c1-9(2)11-6-5-7-12(10(3)4)13(11)17-8-18-19(14,15)16;;/h5-7,9-10H,8H2,1-4H3,(H2,14,15,16);;. The second kappa shape index (κ2) is 10.8. The monoisotopic (exact) mass is 334 g/mol. The van der Waals surface area contributed by atoms with Crippen molar-refractivity contribution in [1.82, 2.24) is 0 Å². The Balaban J connectivity index is 0. The molecule has 2 radical (unpaired) electrons. The fraction of sp³-hybridized carbons (Fsp3) is 0.538. The molecule has 0 unspecified atom stereocenters. The van der Waals surface area contributed by atoms with Gasteiger partial charge in [-0.15, -0.1) is 0 Å². The van der Waals surface area contributed by atoms with Gasteiger partial charge in [0.15, 0.2) is 6.79 Å². The summed E-state index contributed by atoms with van der Waals surface area (Å²) in [5, 5.41) is 0. The third-order valence-corrected chi connectivity index (χ3v) is 3.19. The first-order valence-electron chi connectivity index (χ1n) is 6.18.